The number of anilines is 1. The number of pyridine rings is 1. The highest BCUT2D eigenvalue weighted by Crippen LogP contribution is 2.35. The van der Waals surface area contributed by atoms with E-state index in [2.05, 4.69) is 10.3 Å². The maximum Gasteiger partial charge on any atom is 0.501 e. The van der Waals surface area contributed by atoms with E-state index in [1.807, 2.05) is 0 Å². The molecule has 164 valence electrons. The second-order valence-corrected chi connectivity index (χ2v) is 8.47. The number of rotatable bonds is 6. The molecule has 1 aromatic carbocycles. The first-order valence-electron chi connectivity index (χ1n) is 7.71. The van der Waals surface area contributed by atoms with Crippen molar-refractivity contribution in [3.8, 4) is 5.75 Å². The van der Waals surface area contributed by atoms with Crippen LogP contribution in [0.4, 0.5) is 32.0 Å². The third-order valence-corrected chi connectivity index (χ3v) is 5.90. The number of sulfone groups is 1. The molecule has 0 atom stereocenters. The molecule has 0 saturated carbocycles. The Balaban J connectivity index is 2.13. The number of aromatic nitrogens is 1. The molecule has 0 spiro atoms. The van der Waals surface area contributed by atoms with Crippen LogP contribution in [0.3, 0.4) is 0 Å². The predicted octanol–water partition coefficient (Wildman–Crippen LogP) is 4.13. The predicted molar refractivity (Wildman–Crippen MR) is 94.8 cm³/mol. The van der Waals surface area contributed by atoms with E-state index >= 15 is 0 Å². The first kappa shape index (κ1) is 23.8. The summed E-state index contributed by atoms with van der Waals surface area (Å²) in [7, 11) is -4.49. The van der Waals surface area contributed by atoms with Crippen molar-refractivity contribution >= 4 is 33.2 Å². The molecule has 0 aliphatic carbocycles. The van der Waals surface area contributed by atoms with E-state index in [0.717, 1.165) is 37.1 Å². The number of carbonyl (C=O) groups is 1. The fourth-order valence-electron chi connectivity index (χ4n) is 2.04. The molecule has 0 aliphatic rings. The first-order valence-corrected chi connectivity index (χ1v) is 10.2. The van der Waals surface area contributed by atoms with E-state index in [1.165, 1.54) is 0 Å². The molecule has 1 amide bonds. The van der Waals surface area contributed by atoms with Crippen LogP contribution in [0, 0.1) is 0 Å². The van der Waals surface area contributed by atoms with Crippen molar-refractivity contribution in [2.45, 2.75) is 21.6 Å². The molecule has 0 unspecified atom stereocenters. The Bertz CT molecular complexity index is 1020. The number of carbonyl (C=O) groups excluding carboxylic acids is 1. The van der Waals surface area contributed by atoms with Gasteiger partial charge in [-0.15, -0.1) is 0 Å². The number of benzene rings is 1. The highest BCUT2D eigenvalue weighted by atomic mass is 32.2. The number of hydrogen-bond donors (Lipinski definition) is 1. The van der Waals surface area contributed by atoms with Gasteiger partial charge in [0.05, 0.1) is 34.0 Å². The van der Waals surface area contributed by atoms with Crippen molar-refractivity contribution in [3.63, 3.8) is 0 Å². The summed E-state index contributed by atoms with van der Waals surface area (Å²) in [5.74, 6) is -1.23. The summed E-state index contributed by atoms with van der Waals surface area (Å²) in [5.41, 5.74) is -6.83. The summed E-state index contributed by atoms with van der Waals surface area (Å²) < 4.78 is 104. The van der Waals surface area contributed by atoms with Gasteiger partial charge in [0, 0.05) is 6.20 Å². The Hall–Kier alpha value is -2.48. The average molecular weight is 474 g/mol. The SMILES string of the molecule is COc1ccc(S(=O)(=O)C(F)(F)F)cc1NC(=O)CSc1ccc(C(F)(F)F)cn1. The highest BCUT2D eigenvalue weighted by Gasteiger charge is 2.47. The molecule has 2 rings (SSSR count). The number of alkyl halides is 6. The number of nitrogens with zero attached hydrogens (tertiary/aromatic N) is 1. The van der Waals surface area contributed by atoms with E-state index in [-0.39, 0.29) is 22.2 Å². The standard InChI is InChI=1S/C16H12F6N2O4S2/c1-28-12-4-3-10(30(26,27)16(20,21)22)6-11(12)24-13(25)8-29-14-5-2-9(7-23-14)15(17,18)19/h2-7H,8H2,1H3,(H,24,25). The van der Waals surface area contributed by atoms with Gasteiger partial charge < -0.3 is 10.1 Å². The van der Waals surface area contributed by atoms with E-state index in [1.54, 1.807) is 0 Å². The molecule has 0 radical (unpaired) electrons. The van der Waals surface area contributed by atoms with Crippen molar-refractivity contribution in [2.75, 3.05) is 18.2 Å². The number of halogens is 6. The van der Waals surface area contributed by atoms with E-state index < -0.39 is 37.9 Å². The summed E-state index contributed by atoms with van der Waals surface area (Å²) in [4.78, 5) is 14.5. The van der Waals surface area contributed by atoms with E-state index in [0.29, 0.717) is 18.3 Å². The zero-order valence-corrected chi connectivity index (χ0v) is 16.5. The van der Waals surface area contributed by atoms with E-state index in [4.69, 9.17) is 4.74 Å². The second kappa shape index (κ2) is 8.71. The summed E-state index contributed by atoms with van der Waals surface area (Å²) in [6.07, 6.45) is -3.97. The minimum Gasteiger partial charge on any atom is -0.495 e. The Morgan fingerprint density at radius 2 is 1.80 bits per heavy atom. The van der Waals surface area contributed by atoms with Crippen LogP contribution < -0.4 is 10.1 Å². The van der Waals surface area contributed by atoms with Crippen LogP contribution >= 0.6 is 11.8 Å². The summed E-state index contributed by atoms with van der Waals surface area (Å²) in [6, 6.07) is 4.05. The molecule has 0 aliphatic heterocycles. The van der Waals surface area contributed by atoms with Gasteiger partial charge in [0.1, 0.15) is 5.75 Å². The molecule has 1 heterocycles. The molecule has 0 bridgehead atoms. The van der Waals surface area contributed by atoms with Gasteiger partial charge >= 0.3 is 11.7 Å². The smallest absolute Gasteiger partial charge is 0.495 e. The number of thioether (sulfide) groups is 1. The molecule has 6 nitrogen and oxygen atoms in total. The van der Waals surface area contributed by atoms with Gasteiger partial charge in [-0.1, -0.05) is 11.8 Å². The molecule has 14 heteroatoms. The lowest BCUT2D eigenvalue weighted by molar-refractivity contribution is -0.137. The second-order valence-electron chi connectivity index (χ2n) is 5.53. The Labute approximate surface area is 170 Å². The van der Waals surface area contributed by atoms with E-state index in [9.17, 15) is 39.6 Å². The maximum atomic E-state index is 12.7. The Morgan fingerprint density at radius 3 is 2.30 bits per heavy atom. The van der Waals surface area contributed by atoms with Gasteiger partial charge in [0.15, 0.2) is 0 Å². The molecule has 0 fully saturated rings. The van der Waals surface area contributed by atoms with Gasteiger partial charge in [-0.05, 0) is 30.3 Å². The highest BCUT2D eigenvalue weighted by molar-refractivity contribution is 7.99. The molecular weight excluding hydrogens is 462 g/mol. The van der Waals surface area contributed by atoms with Crippen molar-refractivity contribution in [1.82, 2.24) is 4.98 Å². The van der Waals surface area contributed by atoms with Crippen LogP contribution in [0.15, 0.2) is 46.5 Å². The number of hydrogen-bond acceptors (Lipinski definition) is 6. The van der Waals surface area contributed by atoms with Crippen LogP contribution in [-0.4, -0.2) is 37.7 Å². The lowest BCUT2D eigenvalue weighted by Gasteiger charge is -2.13. The summed E-state index contributed by atoms with van der Waals surface area (Å²) in [6.45, 7) is 0. The van der Waals surface area contributed by atoms with Gasteiger partial charge in [0.2, 0.25) is 5.91 Å². The van der Waals surface area contributed by atoms with Crippen molar-refractivity contribution in [3.05, 3.63) is 42.1 Å². The van der Waals surface area contributed by atoms with Crippen LogP contribution in [-0.2, 0) is 20.8 Å². The summed E-state index contributed by atoms with van der Waals surface area (Å²) >= 11 is 0.765. The molecule has 2 aromatic rings. The Morgan fingerprint density at radius 1 is 1.13 bits per heavy atom. The van der Waals surface area contributed by atoms with Gasteiger partial charge in [-0.3, -0.25) is 4.79 Å². The van der Waals surface area contributed by atoms with Crippen molar-refractivity contribution in [2.24, 2.45) is 0 Å². The van der Waals surface area contributed by atoms with Crippen LogP contribution in [0.25, 0.3) is 0 Å². The summed E-state index contributed by atoms with van der Waals surface area (Å²) in [5, 5.41) is 2.30. The monoisotopic (exact) mass is 474 g/mol. The zero-order chi connectivity index (χ0) is 22.7. The third-order valence-electron chi connectivity index (χ3n) is 3.47. The molecule has 1 N–H and O–H groups in total. The minimum atomic E-state index is -5.65. The zero-order valence-electron chi connectivity index (χ0n) is 14.8. The molecular formula is C16H12F6N2O4S2. The van der Waals surface area contributed by atoms with Gasteiger partial charge in [-0.2, -0.15) is 26.3 Å². The Kier molecular flexibility index (Phi) is 6.91. The topological polar surface area (TPSA) is 85.4 Å². The number of amides is 1. The lowest BCUT2D eigenvalue weighted by Crippen LogP contribution is -2.23. The van der Waals surface area contributed by atoms with Crippen molar-refractivity contribution in [1.29, 1.82) is 0 Å². The fraction of sp³-hybridized carbons (Fsp3) is 0.250. The maximum absolute atomic E-state index is 12.7. The van der Waals surface area contributed by atoms with Gasteiger partial charge in [0.25, 0.3) is 9.84 Å². The normalized spacial score (nSPS) is 12.5. The van der Waals surface area contributed by atoms with Crippen LogP contribution in [0.2, 0.25) is 0 Å². The van der Waals surface area contributed by atoms with Gasteiger partial charge in [-0.25, -0.2) is 13.4 Å². The number of nitrogens with one attached hydrogen (secondary N) is 1. The van der Waals surface area contributed by atoms with Crippen molar-refractivity contribution < 1.29 is 44.3 Å². The minimum absolute atomic E-state index is 0.0953. The number of ether oxygens (including phenoxy) is 1. The average Bonchev–Trinajstić information content (AvgIpc) is 2.65. The molecule has 0 saturated heterocycles. The fourth-order valence-corrected chi connectivity index (χ4v) is 3.47. The molecule has 1 aromatic heterocycles. The largest absolute Gasteiger partial charge is 0.501 e. The molecule has 30 heavy (non-hydrogen) atoms. The third kappa shape index (κ3) is 5.56. The van der Waals surface area contributed by atoms with Crippen LogP contribution in [0.5, 0.6) is 5.75 Å². The lowest BCUT2D eigenvalue weighted by atomic mass is 10.3. The quantitative estimate of drug-likeness (QED) is 0.501. The van der Waals surface area contributed by atoms with Crippen LogP contribution in [0.1, 0.15) is 5.56 Å². The first-order chi connectivity index (χ1) is 13.8. The number of methoxy groups -OCH3 is 1.